The number of rotatable bonds is 4. The molecule has 0 saturated carbocycles. The number of aromatic nitrogens is 1. The zero-order valence-electron chi connectivity index (χ0n) is 10.4. The van der Waals surface area contributed by atoms with Crippen LogP contribution in [0.4, 0.5) is 0 Å². The van der Waals surface area contributed by atoms with E-state index >= 15 is 0 Å². The van der Waals surface area contributed by atoms with Gasteiger partial charge in [0.05, 0.1) is 6.54 Å². The van der Waals surface area contributed by atoms with E-state index in [1.807, 2.05) is 12.3 Å². The third-order valence-corrected chi connectivity index (χ3v) is 3.71. The van der Waals surface area contributed by atoms with E-state index in [0.29, 0.717) is 25.9 Å². The molecule has 1 aliphatic rings. The number of hydrogen-bond donors (Lipinski definition) is 1. The van der Waals surface area contributed by atoms with Gasteiger partial charge in [-0.3, -0.25) is 9.59 Å². The van der Waals surface area contributed by atoms with Crippen LogP contribution < -0.4 is 5.32 Å². The van der Waals surface area contributed by atoms with Crippen LogP contribution >= 0.6 is 11.3 Å². The fourth-order valence-corrected chi connectivity index (χ4v) is 2.66. The predicted octanol–water partition coefficient (Wildman–Crippen LogP) is 1.16. The van der Waals surface area contributed by atoms with Crippen molar-refractivity contribution < 1.29 is 9.59 Å². The fourth-order valence-electron chi connectivity index (χ4n) is 2.03. The van der Waals surface area contributed by atoms with Crippen LogP contribution in [0, 0.1) is 0 Å². The van der Waals surface area contributed by atoms with E-state index in [0.717, 1.165) is 11.4 Å². The Labute approximate surface area is 110 Å². The summed E-state index contributed by atoms with van der Waals surface area (Å²) in [6, 6.07) is -0.370. The minimum atomic E-state index is -0.370. The van der Waals surface area contributed by atoms with Crippen LogP contribution in [0.5, 0.6) is 0 Å². The summed E-state index contributed by atoms with van der Waals surface area (Å²) in [4.78, 5) is 29.8. The van der Waals surface area contributed by atoms with Crippen molar-refractivity contribution in [1.29, 1.82) is 0 Å². The highest BCUT2D eigenvalue weighted by atomic mass is 32.1. The lowest BCUT2D eigenvalue weighted by molar-refractivity contribution is -0.134. The molecule has 1 N–H and O–H groups in total. The molecule has 2 rings (SSSR count). The van der Waals surface area contributed by atoms with Gasteiger partial charge in [0.1, 0.15) is 11.0 Å². The van der Waals surface area contributed by atoms with Crippen molar-refractivity contribution in [3.63, 3.8) is 0 Å². The second kappa shape index (κ2) is 5.95. The van der Waals surface area contributed by atoms with Gasteiger partial charge in [0.15, 0.2) is 0 Å². The number of carbonyl (C=O) groups is 2. The van der Waals surface area contributed by atoms with Gasteiger partial charge in [-0.15, -0.1) is 11.3 Å². The molecule has 1 fully saturated rings. The summed E-state index contributed by atoms with van der Waals surface area (Å²) in [6.07, 6.45) is 3.67. The largest absolute Gasteiger partial charge is 0.344 e. The van der Waals surface area contributed by atoms with E-state index in [1.54, 1.807) is 11.1 Å². The molecule has 2 heterocycles. The zero-order valence-corrected chi connectivity index (χ0v) is 11.2. The van der Waals surface area contributed by atoms with E-state index in [9.17, 15) is 9.59 Å². The van der Waals surface area contributed by atoms with Gasteiger partial charge in [0, 0.05) is 24.5 Å². The molecular weight excluding hydrogens is 250 g/mol. The predicted molar refractivity (Wildman–Crippen MR) is 69.0 cm³/mol. The maximum absolute atomic E-state index is 12.3. The van der Waals surface area contributed by atoms with Crippen LogP contribution in [0.3, 0.4) is 0 Å². The van der Waals surface area contributed by atoms with Gasteiger partial charge in [-0.05, 0) is 6.42 Å². The van der Waals surface area contributed by atoms with Crippen molar-refractivity contribution in [3.8, 4) is 0 Å². The van der Waals surface area contributed by atoms with Gasteiger partial charge in [-0.2, -0.15) is 0 Å². The Bertz CT molecular complexity index is 419. The van der Waals surface area contributed by atoms with Crippen molar-refractivity contribution in [2.45, 2.75) is 38.8 Å². The molecular formula is C12H17N3O2S. The van der Waals surface area contributed by atoms with E-state index in [4.69, 9.17) is 0 Å². The monoisotopic (exact) mass is 267 g/mol. The Morgan fingerprint density at radius 3 is 3.06 bits per heavy atom. The first-order valence-corrected chi connectivity index (χ1v) is 7.05. The molecule has 1 unspecified atom stereocenters. The molecule has 6 heteroatoms. The van der Waals surface area contributed by atoms with Crippen LogP contribution in [0.2, 0.25) is 0 Å². The van der Waals surface area contributed by atoms with E-state index in [-0.39, 0.29) is 17.9 Å². The highest BCUT2D eigenvalue weighted by Gasteiger charge is 2.29. The topological polar surface area (TPSA) is 62.3 Å². The van der Waals surface area contributed by atoms with Gasteiger partial charge in [0.25, 0.3) is 0 Å². The third kappa shape index (κ3) is 3.07. The first kappa shape index (κ1) is 13.0. The Hall–Kier alpha value is -1.43. The van der Waals surface area contributed by atoms with Gasteiger partial charge >= 0.3 is 0 Å². The highest BCUT2D eigenvalue weighted by molar-refractivity contribution is 7.09. The summed E-state index contributed by atoms with van der Waals surface area (Å²) in [5, 5.41) is 5.60. The van der Waals surface area contributed by atoms with E-state index in [2.05, 4.69) is 10.3 Å². The van der Waals surface area contributed by atoms with Crippen LogP contribution in [-0.4, -0.2) is 34.3 Å². The number of hydrogen-bond acceptors (Lipinski definition) is 4. The minimum absolute atomic E-state index is 0.0119. The second-order valence-corrected chi connectivity index (χ2v) is 5.32. The molecule has 1 saturated heterocycles. The Morgan fingerprint density at radius 2 is 2.39 bits per heavy atom. The molecule has 1 atom stereocenters. The van der Waals surface area contributed by atoms with Gasteiger partial charge < -0.3 is 10.2 Å². The van der Waals surface area contributed by atoms with Crippen molar-refractivity contribution >= 4 is 23.2 Å². The smallest absolute Gasteiger partial charge is 0.245 e. The molecule has 1 aromatic rings. The second-order valence-electron chi connectivity index (χ2n) is 4.34. The van der Waals surface area contributed by atoms with E-state index in [1.165, 1.54) is 11.3 Å². The normalized spacial score (nSPS) is 20.7. The maximum atomic E-state index is 12.3. The summed E-state index contributed by atoms with van der Waals surface area (Å²) >= 11 is 1.53. The molecule has 0 aromatic carbocycles. The number of nitrogens with one attached hydrogen (secondary N) is 1. The summed E-state index contributed by atoms with van der Waals surface area (Å²) in [7, 11) is 0. The number of amides is 2. The van der Waals surface area contributed by atoms with Gasteiger partial charge in [-0.25, -0.2) is 4.98 Å². The van der Waals surface area contributed by atoms with Crippen LogP contribution in [-0.2, 0) is 16.1 Å². The lowest BCUT2D eigenvalue weighted by Crippen LogP contribution is -2.44. The minimum Gasteiger partial charge on any atom is -0.344 e. The summed E-state index contributed by atoms with van der Waals surface area (Å²) in [5.41, 5.74) is 0. The molecule has 2 amide bonds. The lowest BCUT2D eigenvalue weighted by Gasteiger charge is -2.22. The first-order chi connectivity index (χ1) is 8.70. The quantitative estimate of drug-likeness (QED) is 0.890. The Balaban J connectivity index is 2.08. The summed E-state index contributed by atoms with van der Waals surface area (Å²) < 4.78 is 0. The zero-order chi connectivity index (χ0) is 13.0. The molecule has 0 bridgehead atoms. The van der Waals surface area contributed by atoms with Crippen molar-refractivity contribution in [1.82, 2.24) is 15.2 Å². The molecule has 1 aliphatic heterocycles. The SMILES string of the molecule is CCCC1NC(=O)CCN(Cc2nccs2)C1=O. The molecule has 0 spiro atoms. The Morgan fingerprint density at radius 1 is 1.56 bits per heavy atom. The van der Waals surface area contributed by atoms with Gasteiger partial charge in [0.2, 0.25) is 11.8 Å². The van der Waals surface area contributed by atoms with Crippen LogP contribution in [0.15, 0.2) is 11.6 Å². The van der Waals surface area contributed by atoms with Gasteiger partial charge in [-0.1, -0.05) is 13.3 Å². The average molecular weight is 267 g/mol. The molecule has 18 heavy (non-hydrogen) atoms. The Kier molecular flexibility index (Phi) is 4.30. The van der Waals surface area contributed by atoms with E-state index < -0.39 is 0 Å². The number of thiazole rings is 1. The number of carbonyl (C=O) groups excluding carboxylic acids is 2. The molecule has 5 nitrogen and oxygen atoms in total. The van der Waals surface area contributed by atoms with Crippen molar-refractivity contribution in [2.24, 2.45) is 0 Å². The summed E-state index contributed by atoms with van der Waals surface area (Å²) in [6.45, 7) is 2.99. The lowest BCUT2D eigenvalue weighted by atomic mass is 10.1. The van der Waals surface area contributed by atoms with Crippen LogP contribution in [0.25, 0.3) is 0 Å². The molecule has 0 aliphatic carbocycles. The maximum Gasteiger partial charge on any atom is 0.245 e. The van der Waals surface area contributed by atoms with Crippen molar-refractivity contribution in [2.75, 3.05) is 6.54 Å². The summed E-state index contributed by atoms with van der Waals surface area (Å²) in [5.74, 6) is -0.0265. The highest BCUT2D eigenvalue weighted by Crippen LogP contribution is 2.13. The fraction of sp³-hybridized carbons (Fsp3) is 0.583. The molecule has 98 valence electrons. The number of nitrogens with zero attached hydrogens (tertiary/aromatic N) is 2. The van der Waals surface area contributed by atoms with Crippen molar-refractivity contribution in [3.05, 3.63) is 16.6 Å². The average Bonchev–Trinajstić information content (AvgIpc) is 2.81. The molecule has 0 radical (unpaired) electrons. The standard InChI is InChI=1S/C12H17N3O2S/c1-2-3-9-12(17)15(6-4-10(16)14-9)8-11-13-5-7-18-11/h5,7,9H,2-4,6,8H2,1H3,(H,14,16). The van der Waals surface area contributed by atoms with Crippen LogP contribution in [0.1, 0.15) is 31.2 Å². The first-order valence-electron chi connectivity index (χ1n) is 6.17. The third-order valence-electron chi connectivity index (χ3n) is 2.94. The molecule has 1 aromatic heterocycles.